The second kappa shape index (κ2) is 11.1. The molecule has 50 heavy (non-hydrogen) atoms. The molecule has 3 aromatic rings. The lowest BCUT2D eigenvalue weighted by Crippen LogP contribution is -2.67. The molecule has 2 bridgehead atoms. The SMILES string of the molecule is CC12CCC(O)CC13C=CC1(C(C(=O)c4ccco4)=C3)C2CCC2(C)C1CCC2(O)CN1CCCC1C(O)(c1ccccc1)c1ccccc1. The summed E-state index contributed by atoms with van der Waals surface area (Å²) in [7, 11) is 0. The zero-order valence-electron chi connectivity index (χ0n) is 29.4. The van der Waals surface area contributed by atoms with Gasteiger partial charge in [-0.05, 0) is 105 Å². The van der Waals surface area contributed by atoms with Gasteiger partial charge in [-0.15, -0.1) is 0 Å². The van der Waals surface area contributed by atoms with Gasteiger partial charge in [-0.2, -0.15) is 0 Å². The number of rotatable bonds is 7. The number of aliphatic hydroxyl groups excluding tert-OH is 1. The van der Waals surface area contributed by atoms with Gasteiger partial charge in [-0.25, -0.2) is 0 Å². The van der Waals surface area contributed by atoms with Crippen LogP contribution < -0.4 is 0 Å². The second-order valence-corrected chi connectivity index (χ2v) is 17.2. The molecule has 9 atom stereocenters. The number of nitrogens with zero attached hydrogens (tertiary/aromatic N) is 1. The molecule has 3 saturated carbocycles. The van der Waals surface area contributed by atoms with Crippen molar-refractivity contribution in [2.45, 2.75) is 95.0 Å². The zero-order valence-corrected chi connectivity index (χ0v) is 29.4. The Morgan fingerprint density at radius 1 is 0.860 bits per heavy atom. The summed E-state index contributed by atoms with van der Waals surface area (Å²) in [6.45, 7) is 6.01. The number of carbonyl (C=O) groups is 1. The molecule has 1 saturated heterocycles. The highest BCUT2D eigenvalue weighted by Crippen LogP contribution is 2.78. The van der Waals surface area contributed by atoms with E-state index in [9.17, 15) is 20.1 Å². The van der Waals surface area contributed by atoms with Crippen LogP contribution in [0, 0.1) is 33.5 Å². The maximum absolute atomic E-state index is 14.6. The monoisotopic (exact) mass is 673 g/mol. The topological polar surface area (TPSA) is 94.1 Å². The van der Waals surface area contributed by atoms with E-state index in [1.165, 1.54) is 0 Å². The smallest absolute Gasteiger partial charge is 0.224 e. The van der Waals surface area contributed by atoms with Crippen LogP contribution in [0.15, 0.2) is 107 Å². The first-order valence-corrected chi connectivity index (χ1v) is 19.0. The van der Waals surface area contributed by atoms with E-state index in [-0.39, 0.29) is 34.5 Å². The third kappa shape index (κ3) is 4.14. The summed E-state index contributed by atoms with van der Waals surface area (Å²) in [5, 5.41) is 37.0. The standard InChI is InChI=1S/C44H51NO5/c1-39-20-17-32(46)27-41(39)23-24-43(33(28-41)38(47)34-15-10-26-50-34)35(39)18-21-40(2)36(43)19-22-42(40,48)29-45-25-9-16-37(45)44(49,30-11-5-3-6-12-30)31-13-7-4-8-14-31/h3-8,10-15,23-24,26,28,32,35-37,46,48-49H,9,16-22,25,27,29H2,1-2H3. The lowest BCUT2D eigenvalue weighted by Gasteiger charge is -2.71. The molecule has 6 nitrogen and oxygen atoms in total. The molecule has 0 amide bonds. The number of likely N-dealkylation sites (tertiary alicyclic amines) is 1. The molecule has 2 aromatic carbocycles. The molecule has 9 unspecified atom stereocenters. The molecular weight excluding hydrogens is 622 g/mol. The van der Waals surface area contributed by atoms with Crippen LogP contribution >= 0.6 is 0 Å². The lowest BCUT2D eigenvalue weighted by atomic mass is 9.32. The average molecular weight is 674 g/mol. The molecular formula is C44H51NO5. The number of fused-ring (bicyclic) bond motifs is 1. The van der Waals surface area contributed by atoms with Crippen molar-refractivity contribution in [2.75, 3.05) is 13.1 Å². The predicted octanol–water partition coefficient (Wildman–Crippen LogP) is 7.45. The molecule has 3 N–H and O–H groups in total. The zero-order chi connectivity index (χ0) is 34.6. The van der Waals surface area contributed by atoms with Gasteiger partial charge in [0.15, 0.2) is 5.76 Å². The Balaban J connectivity index is 1.11. The fourth-order valence-electron chi connectivity index (χ4n) is 12.9. The van der Waals surface area contributed by atoms with Crippen molar-refractivity contribution >= 4 is 5.78 Å². The highest BCUT2D eigenvalue weighted by molar-refractivity contribution is 6.08. The Kier molecular flexibility index (Phi) is 7.24. The average Bonchev–Trinajstić information content (AvgIpc) is 3.89. The Morgan fingerprint density at radius 3 is 2.20 bits per heavy atom. The van der Waals surface area contributed by atoms with Crippen LogP contribution in [0.1, 0.15) is 93.3 Å². The summed E-state index contributed by atoms with van der Waals surface area (Å²) in [6, 6.07) is 23.4. The van der Waals surface area contributed by atoms with Gasteiger partial charge in [0.2, 0.25) is 5.78 Å². The first-order valence-electron chi connectivity index (χ1n) is 19.0. The van der Waals surface area contributed by atoms with Gasteiger partial charge in [0, 0.05) is 34.4 Å². The quantitative estimate of drug-likeness (QED) is 0.178. The lowest BCUT2D eigenvalue weighted by molar-refractivity contribution is -0.178. The molecule has 6 heteroatoms. The number of hydrogen-bond acceptors (Lipinski definition) is 6. The van der Waals surface area contributed by atoms with Crippen molar-refractivity contribution in [3.63, 3.8) is 0 Å². The van der Waals surface area contributed by atoms with Crippen molar-refractivity contribution in [3.05, 3.63) is 120 Å². The molecule has 10 rings (SSSR count). The first kappa shape index (κ1) is 32.6. The van der Waals surface area contributed by atoms with Crippen LogP contribution in [-0.4, -0.2) is 56.8 Å². The largest absolute Gasteiger partial charge is 0.461 e. The Labute approximate surface area is 295 Å². The number of β-amino-alcohol motifs (C(OH)–C–C–N with tert-alkyl or cyclic N) is 1. The van der Waals surface area contributed by atoms with E-state index < -0.39 is 28.1 Å². The van der Waals surface area contributed by atoms with Crippen molar-refractivity contribution < 1.29 is 24.5 Å². The van der Waals surface area contributed by atoms with Gasteiger partial charge in [-0.3, -0.25) is 9.69 Å². The Morgan fingerprint density at radius 2 is 1.52 bits per heavy atom. The molecule has 0 radical (unpaired) electrons. The van der Waals surface area contributed by atoms with Crippen molar-refractivity contribution in [2.24, 2.45) is 33.5 Å². The number of allylic oxidation sites excluding steroid dienone is 4. The molecule has 2 spiro atoms. The van der Waals surface area contributed by atoms with E-state index in [1.54, 1.807) is 18.4 Å². The van der Waals surface area contributed by atoms with Crippen LogP contribution in [0.3, 0.4) is 0 Å². The van der Waals surface area contributed by atoms with E-state index in [4.69, 9.17) is 4.42 Å². The minimum Gasteiger partial charge on any atom is -0.461 e. The molecule has 4 fully saturated rings. The number of furan rings is 1. The number of carbonyl (C=O) groups excluding carboxylic acids is 1. The Bertz CT molecular complexity index is 1800. The molecule has 7 aliphatic rings. The van der Waals surface area contributed by atoms with Crippen LogP contribution in [0.25, 0.3) is 0 Å². The van der Waals surface area contributed by atoms with E-state index in [0.29, 0.717) is 25.1 Å². The van der Waals surface area contributed by atoms with Crippen molar-refractivity contribution in [1.82, 2.24) is 4.90 Å². The summed E-state index contributed by atoms with van der Waals surface area (Å²) >= 11 is 0. The van der Waals surface area contributed by atoms with E-state index in [2.05, 4.69) is 37.0 Å². The normalized spacial score (nSPS) is 40.6. The number of ketones is 1. The maximum Gasteiger partial charge on any atom is 0.224 e. The van der Waals surface area contributed by atoms with E-state index >= 15 is 0 Å². The highest BCUT2D eigenvalue weighted by Gasteiger charge is 2.74. The Hall–Kier alpha value is -3.29. The molecule has 262 valence electrons. The fraction of sp³-hybridized carbons (Fsp3) is 0.523. The van der Waals surface area contributed by atoms with Gasteiger partial charge in [-0.1, -0.05) is 92.7 Å². The van der Waals surface area contributed by atoms with Crippen LogP contribution in [0.4, 0.5) is 0 Å². The molecule has 1 aliphatic heterocycles. The predicted molar refractivity (Wildman–Crippen MR) is 192 cm³/mol. The minimum atomic E-state index is -1.23. The highest BCUT2D eigenvalue weighted by atomic mass is 16.3. The summed E-state index contributed by atoms with van der Waals surface area (Å²) in [5.74, 6) is 0.597. The van der Waals surface area contributed by atoms with Crippen LogP contribution in [0.2, 0.25) is 0 Å². The maximum atomic E-state index is 14.6. The van der Waals surface area contributed by atoms with E-state index in [1.807, 2.05) is 60.7 Å². The van der Waals surface area contributed by atoms with Gasteiger partial charge in [0.1, 0.15) is 5.60 Å². The third-order valence-electron chi connectivity index (χ3n) is 15.4. The van der Waals surface area contributed by atoms with Crippen molar-refractivity contribution in [1.29, 1.82) is 0 Å². The third-order valence-corrected chi connectivity index (χ3v) is 15.4. The van der Waals surface area contributed by atoms with Crippen LogP contribution in [-0.2, 0) is 5.60 Å². The van der Waals surface area contributed by atoms with Crippen LogP contribution in [0.5, 0.6) is 0 Å². The van der Waals surface area contributed by atoms with E-state index in [0.717, 1.165) is 68.2 Å². The summed E-state index contributed by atoms with van der Waals surface area (Å²) in [5.41, 5.74) is -1.11. The van der Waals surface area contributed by atoms with Gasteiger partial charge < -0.3 is 19.7 Å². The first-order chi connectivity index (χ1) is 24.0. The molecule has 6 aliphatic carbocycles. The number of hydrogen-bond donors (Lipinski definition) is 3. The summed E-state index contributed by atoms with van der Waals surface area (Å²) < 4.78 is 5.75. The molecule has 1 aromatic heterocycles. The second-order valence-electron chi connectivity index (χ2n) is 17.2. The molecule has 2 heterocycles. The fourth-order valence-corrected chi connectivity index (χ4v) is 12.9. The summed E-state index contributed by atoms with van der Waals surface area (Å²) in [6.07, 6.45) is 15.5. The van der Waals surface area contributed by atoms with Gasteiger partial charge in [0.05, 0.1) is 18.0 Å². The minimum absolute atomic E-state index is 0.0547. The van der Waals surface area contributed by atoms with Gasteiger partial charge in [0.25, 0.3) is 0 Å². The number of aliphatic hydroxyl groups is 3. The summed E-state index contributed by atoms with van der Waals surface area (Å²) in [4.78, 5) is 16.9. The van der Waals surface area contributed by atoms with Crippen molar-refractivity contribution in [3.8, 4) is 0 Å². The van der Waals surface area contributed by atoms with Gasteiger partial charge >= 0.3 is 0 Å². The number of benzene rings is 2. The number of Topliss-reactive ketones (excluding diaryl/α,β-unsaturated/α-hetero) is 1.